The van der Waals surface area contributed by atoms with Gasteiger partial charge in [-0.1, -0.05) is 25.0 Å². The third kappa shape index (κ3) is 7.56. The van der Waals surface area contributed by atoms with Gasteiger partial charge in [0.15, 0.2) is 0 Å². The van der Waals surface area contributed by atoms with Gasteiger partial charge >= 0.3 is 13.1 Å². The zero-order valence-electron chi connectivity index (χ0n) is 15.1. The summed E-state index contributed by atoms with van der Waals surface area (Å²) in [5.74, 6) is -1.45. The second-order valence-corrected chi connectivity index (χ2v) is 6.92. The van der Waals surface area contributed by atoms with E-state index in [0.717, 1.165) is 12.1 Å². The highest BCUT2D eigenvalue weighted by atomic mass is 35.5. The normalized spacial score (nSPS) is 18.9. The molecule has 0 radical (unpaired) electrons. The molecule has 0 amide bonds. The SMILES string of the molecule is Cl.Cl.NC(CCCCB(O)O)(C(=O)O)[C@@H]1CCN(Cc2ccc(F)cc2)C1. The summed E-state index contributed by atoms with van der Waals surface area (Å²) in [7, 11) is -1.37. The summed E-state index contributed by atoms with van der Waals surface area (Å²) in [6.45, 7) is 1.98. The lowest BCUT2D eigenvalue weighted by Gasteiger charge is -2.31. The van der Waals surface area contributed by atoms with E-state index in [1.54, 1.807) is 12.1 Å². The fourth-order valence-corrected chi connectivity index (χ4v) is 3.47. The molecule has 0 spiro atoms. The van der Waals surface area contributed by atoms with Gasteiger partial charge in [0.25, 0.3) is 0 Å². The van der Waals surface area contributed by atoms with Gasteiger partial charge in [-0.05, 0) is 43.4 Å². The van der Waals surface area contributed by atoms with Crippen molar-refractivity contribution in [3.05, 3.63) is 35.6 Å². The largest absolute Gasteiger partial charge is 0.480 e. The van der Waals surface area contributed by atoms with Crippen molar-refractivity contribution in [2.75, 3.05) is 13.1 Å². The molecule has 154 valence electrons. The fraction of sp³-hybridized carbons (Fsp3) is 0.588. The molecule has 1 aliphatic rings. The minimum absolute atomic E-state index is 0. The van der Waals surface area contributed by atoms with Crippen molar-refractivity contribution in [1.82, 2.24) is 4.90 Å². The van der Waals surface area contributed by atoms with Crippen molar-refractivity contribution in [3.8, 4) is 0 Å². The van der Waals surface area contributed by atoms with Crippen LogP contribution in [0.5, 0.6) is 0 Å². The number of rotatable bonds is 9. The first-order valence-corrected chi connectivity index (χ1v) is 8.66. The first-order chi connectivity index (χ1) is 11.8. The number of hydrogen-bond donors (Lipinski definition) is 4. The minimum atomic E-state index is -1.37. The van der Waals surface area contributed by atoms with Gasteiger partial charge in [-0.3, -0.25) is 9.69 Å². The highest BCUT2D eigenvalue weighted by Gasteiger charge is 2.44. The summed E-state index contributed by atoms with van der Waals surface area (Å²) in [4.78, 5) is 13.9. The molecule has 0 aliphatic carbocycles. The van der Waals surface area contributed by atoms with Crippen LogP contribution in [0.2, 0.25) is 6.32 Å². The molecule has 10 heteroatoms. The van der Waals surface area contributed by atoms with Gasteiger partial charge in [0.1, 0.15) is 11.4 Å². The van der Waals surface area contributed by atoms with E-state index in [0.29, 0.717) is 38.8 Å². The summed E-state index contributed by atoms with van der Waals surface area (Å²) in [5.41, 5.74) is 5.91. The molecule has 0 saturated carbocycles. The van der Waals surface area contributed by atoms with E-state index in [-0.39, 0.29) is 42.9 Å². The number of hydrogen-bond acceptors (Lipinski definition) is 5. The number of carboxylic acid groups (broad SMARTS) is 1. The lowest BCUT2D eigenvalue weighted by molar-refractivity contribution is -0.145. The zero-order valence-corrected chi connectivity index (χ0v) is 16.7. The first-order valence-electron chi connectivity index (χ1n) is 8.66. The molecule has 1 saturated heterocycles. The predicted octanol–water partition coefficient (Wildman–Crippen LogP) is 1.92. The van der Waals surface area contributed by atoms with E-state index in [9.17, 15) is 14.3 Å². The Bertz CT molecular complexity index is 583. The van der Waals surface area contributed by atoms with Crippen LogP contribution in [0.1, 0.15) is 31.2 Å². The molecule has 2 atom stereocenters. The van der Waals surface area contributed by atoms with Crippen LogP contribution in [-0.2, 0) is 11.3 Å². The summed E-state index contributed by atoms with van der Waals surface area (Å²) in [6.07, 6.45) is 2.29. The van der Waals surface area contributed by atoms with Gasteiger partial charge in [-0.2, -0.15) is 0 Å². The van der Waals surface area contributed by atoms with E-state index in [4.69, 9.17) is 15.8 Å². The highest BCUT2D eigenvalue weighted by molar-refractivity contribution is 6.40. The molecule has 1 fully saturated rings. The number of carboxylic acids is 1. The van der Waals surface area contributed by atoms with Crippen molar-refractivity contribution < 1.29 is 24.3 Å². The second-order valence-electron chi connectivity index (χ2n) is 6.92. The predicted molar refractivity (Wildman–Crippen MR) is 108 cm³/mol. The zero-order chi connectivity index (χ0) is 18.4. The van der Waals surface area contributed by atoms with Crippen LogP contribution in [0.4, 0.5) is 4.39 Å². The number of likely N-dealkylation sites (tertiary alicyclic amines) is 1. The number of nitrogens with zero attached hydrogens (tertiary/aromatic N) is 1. The topological polar surface area (TPSA) is 107 Å². The molecule has 1 aromatic rings. The molecule has 27 heavy (non-hydrogen) atoms. The summed E-state index contributed by atoms with van der Waals surface area (Å²) < 4.78 is 13.0. The van der Waals surface area contributed by atoms with Crippen LogP contribution in [0, 0.1) is 11.7 Å². The molecular weight excluding hydrogens is 397 g/mol. The van der Waals surface area contributed by atoms with Crippen LogP contribution >= 0.6 is 24.8 Å². The van der Waals surface area contributed by atoms with Crippen molar-refractivity contribution >= 4 is 37.9 Å². The smallest absolute Gasteiger partial charge is 0.451 e. The first kappa shape index (κ1) is 26.1. The van der Waals surface area contributed by atoms with Crippen molar-refractivity contribution in [2.24, 2.45) is 11.7 Å². The number of benzene rings is 1. The lowest BCUT2D eigenvalue weighted by Crippen LogP contribution is -2.55. The third-order valence-corrected chi connectivity index (χ3v) is 5.02. The Labute approximate surface area is 171 Å². The van der Waals surface area contributed by atoms with Gasteiger partial charge in [0, 0.05) is 19.0 Å². The fourth-order valence-electron chi connectivity index (χ4n) is 3.47. The van der Waals surface area contributed by atoms with E-state index in [2.05, 4.69) is 4.90 Å². The highest BCUT2D eigenvalue weighted by Crippen LogP contribution is 2.31. The maximum atomic E-state index is 13.0. The van der Waals surface area contributed by atoms with Crippen molar-refractivity contribution in [1.29, 1.82) is 0 Å². The summed E-state index contributed by atoms with van der Waals surface area (Å²) in [6, 6.07) is 6.30. The average molecular weight is 425 g/mol. The molecule has 0 aromatic heterocycles. The maximum Gasteiger partial charge on any atom is 0.451 e. The van der Waals surface area contributed by atoms with Gasteiger partial charge in [0.05, 0.1) is 0 Å². The third-order valence-electron chi connectivity index (χ3n) is 5.02. The molecular formula is C17H28BCl2FN2O4. The van der Waals surface area contributed by atoms with E-state index in [1.165, 1.54) is 12.1 Å². The van der Waals surface area contributed by atoms with Gasteiger partial charge in [0.2, 0.25) is 0 Å². The molecule has 6 nitrogen and oxygen atoms in total. The Morgan fingerprint density at radius 3 is 2.44 bits per heavy atom. The molecule has 1 aliphatic heterocycles. The van der Waals surface area contributed by atoms with Gasteiger partial charge in [-0.25, -0.2) is 4.39 Å². The van der Waals surface area contributed by atoms with E-state index in [1.807, 2.05) is 0 Å². The quantitative estimate of drug-likeness (QED) is 0.356. The second kappa shape index (κ2) is 11.8. The number of carbonyl (C=O) groups is 1. The molecule has 1 heterocycles. The molecule has 5 N–H and O–H groups in total. The standard InChI is InChI=1S/C17H26BFN2O4.2ClH/c19-15-5-3-13(4-6-15)11-21-10-7-14(12-21)17(20,16(22)23)8-1-2-9-18(24)25;;/h3-6,14,24-25H,1-2,7-12,20H2,(H,22,23);2*1H/t14-,17?;;/m1../s1. The maximum absolute atomic E-state index is 13.0. The Balaban J connectivity index is 0.00000338. The Hall–Kier alpha value is -0.895. The Kier molecular flexibility index (Phi) is 11.4. The van der Waals surface area contributed by atoms with Crippen LogP contribution < -0.4 is 5.73 Å². The number of halogens is 3. The van der Waals surface area contributed by atoms with Crippen LogP contribution in [0.3, 0.4) is 0 Å². The van der Waals surface area contributed by atoms with E-state index < -0.39 is 18.6 Å². The Morgan fingerprint density at radius 1 is 1.26 bits per heavy atom. The average Bonchev–Trinajstić information content (AvgIpc) is 3.02. The monoisotopic (exact) mass is 424 g/mol. The number of unbranched alkanes of at least 4 members (excludes halogenated alkanes) is 1. The number of aliphatic carboxylic acids is 1. The summed E-state index contributed by atoms with van der Waals surface area (Å²) in [5, 5.41) is 27.4. The Morgan fingerprint density at radius 2 is 1.89 bits per heavy atom. The molecule has 0 bridgehead atoms. The van der Waals surface area contributed by atoms with Gasteiger partial charge < -0.3 is 20.9 Å². The number of nitrogens with two attached hydrogens (primary N) is 1. The van der Waals surface area contributed by atoms with Crippen molar-refractivity contribution in [2.45, 2.75) is 44.1 Å². The minimum Gasteiger partial charge on any atom is -0.480 e. The van der Waals surface area contributed by atoms with Crippen LogP contribution in [0.25, 0.3) is 0 Å². The van der Waals surface area contributed by atoms with Gasteiger partial charge in [-0.15, -0.1) is 24.8 Å². The molecule has 2 rings (SSSR count). The molecule has 1 aromatic carbocycles. The van der Waals surface area contributed by atoms with Crippen LogP contribution in [0.15, 0.2) is 24.3 Å². The lowest BCUT2D eigenvalue weighted by atomic mass is 9.77. The van der Waals surface area contributed by atoms with Crippen molar-refractivity contribution in [3.63, 3.8) is 0 Å². The molecule has 1 unspecified atom stereocenters. The van der Waals surface area contributed by atoms with Crippen LogP contribution in [-0.4, -0.2) is 51.8 Å². The van der Waals surface area contributed by atoms with E-state index >= 15 is 0 Å². The summed E-state index contributed by atoms with van der Waals surface area (Å²) >= 11 is 0.